The molecule has 3 rings (SSSR count). The Balaban J connectivity index is 1.60. The number of thiazole rings is 1. The van der Waals surface area contributed by atoms with Gasteiger partial charge in [-0.1, -0.05) is 35.9 Å². The molecule has 27 heavy (non-hydrogen) atoms. The van der Waals surface area contributed by atoms with Gasteiger partial charge in [-0.15, -0.1) is 11.3 Å². The molecule has 0 aliphatic rings. The normalized spacial score (nSPS) is 10.6. The minimum atomic E-state index is -0.478. The molecule has 0 saturated carbocycles. The molecule has 0 unspecified atom stereocenters. The van der Waals surface area contributed by atoms with E-state index in [1.54, 1.807) is 24.3 Å². The Bertz CT molecular complexity index is 980. The second-order valence-corrected chi connectivity index (χ2v) is 7.08. The largest absolute Gasteiger partial charge is 0.352 e. The lowest BCUT2D eigenvalue weighted by molar-refractivity contribution is -0.385. The number of nitro benzene ring substituents is 1. The molecule has 0 spiro atoms. The summed E-state index contributed by atoms with van der Waals surface area (Å²) in [6.45, 7) is 4.04. The zero-order chi connectivity index (χ0) is 19.4. The van der Waals surface area contributed by atoms with Crippen molar-refractivity contribution in [2.24, 2.45) is 0 Å². The SMILES string of the molecule is Cc1ccc(-c2nc(CCNC(=O)c3cccc([N+](=O)[O-])c3C)cs2)cc1. The number of hydrogen-bond donors (Lipinski definition) is 1. The Hall–Kier alpha value is -3.06. The monoisotopic (exact) mass is 381 g/mol. The predicted molar refractivity (Wildman–Crippen MR) is 106 cm³/mol. The molecule has 6 nitrogen and oxygen atoms in total. The van der Waals surface area contributed by atoms with Gasteiger partial charge in [0.05, 0.1) is 10.6 Å². The number of aromatic nitrogens is 1. The van der Waals surface area contributed by atoms with Crippen molar-refractivity contribution in [1.82, 2.24) is 10.3 Å². The molecule has 0 atom stereocenters. The van der Waals surface area contributed by atoms with Gasteiger partial charge < -0.3 is 5.32 Å². The van der Waals surface area contributed by atoms with Crippen LogP contribution in [-0.4, -0.2) is 22.4 Å². The standard InChI is InChI=1S/C20H19N3O3S/c1-13-6-8-15(9-7-13)20-22-16(12-27-20)10-11-21-19(24)17-4-3-5-18(14(17)2)23(25)26/h3-9,12H,10-11H2,1-2H3,(H,21,24). The molecule has 7 heteroatoms. The van der Waals surface area contributed by atoms with E-state index in [9.17, 15) is 14.9 Å². The number of benzene rings is 2. The van der Waals surface area contributed by atoms with Crippen LogP contribution in [-0.2, 0) is 6.42 Å². The van der Waals surface area contributed by atoms with Crippen LogP contribution >= 0.6 is 11.3 Å². The van der Waals surface area contributed by atoms with Crippen LogP contribution in [0.1, 0.15) is 27.2 Å². The molecule has 0 saturated heterocycles. The van der Waals surface area contributed by atoms with Crippen molar-refractivity contribution < 1.29 is 9.72 Å². The fraction of sp³-hybridized carbons (Fsp3) is 0.200. The summed E-state index contributed by atoms with van der Waals surface area (Å²) in [6.07, 6.45) is 0.599. The average Bonchev–Trinajstić information content (AvgIpc) is 3.11. The highest BCUT2D eigenvalue weighted by atomic mass is 32.1. The van der Waals surface area contributed by atoms with E-state index in [1.165, 1.54) is 17.7 Å². The lowest BCUT2D eigenvalue weighted by Gasteiger charge is -2.07. The Morgan fingerprint density at radius 1 is 1.19 bits per heavy atom. The zero-order valence-corrected chi connectivity index (χ0v) is 15.9. The topological polar surface area (TPSA) is 85.1 Å². The molecular formula is C20H19N3O3S. The van der Waals surface area contributed by atoms with Crippen molar-refractivity contribution in [1.29, 1.82) is 0 Å². The molecule has 138 valence electrons. The zero-order valence-electron chi connectivity index (χ0n) is 15.1. The van der Waals surface area contributed by atoms with Crippen LogP contribution < -0.4 is 5.32 Å². The highest BCUT2D eigenvalue weighted by molar-refractivity contribution is 7.13. The van der Waals surface area contributed by atoms with Crippen molar-refractivity contribution in [2.75, 3.05) is 6.54 Å². The molecule has 0 aliphatic heterocycles. The Morgan fingerprint density at radius 2 is 1.93 bits per heavy atom. The van der Waals surface area contributed by atoms with E-state index < -0.39 is 4.92 Å². The fourth-order valence-electron chi connectivity index (χ4n) is 2.72. The molecule has 1 aromatic heterocycles. The lowest BCUT2D eigenvalue weighted by Crippen LogP contribution is -2.26. The smallest absolute Gasteiger partial charge is 0.273 e. The molecule has 3 aromatic rings. The van der Waals surface area contributed by atoms with Crippen molar-refractivity contribution in [3.8, 4) is 10.6 Å². The Morgan fingerprint density at radius 3 is 2.63 bits per heavy atom. The van der Waals surface area contributed by atoms with Gasteiger partial charge in [0, 0.05) is 41.1 Å². The molecule has 2 aromatic carbocycles. The first-order chi connectivity index (χ1) is 13.0. The van der Waals surface area contributed by atoms with Gasteiger partial charge in [0.25, 0.3) is 11.6 Å². The van der Waals surface area contributed by atoms with Crippen LogP contribution in [0.4, 0.5) is 5.69 Å². The third-order valence-electron chi connectivity index (χ3n) is 4.26. The summed E-state index contributed by atoms with van der Waals surface area (Å²) in [4.78, 5) is 27.5. The highest BCUT2D eigenvalue weighted by Gasteiger charge is 2.17. The number of carbonyl (C=O) groups excluding carboxylic acids is 1. The number of nitrogens with one attached hydrogen (secondary N) is 1. The van der Waals surface area contributed by atoms with Crippen molar-refractivity contribution >= 4 is 22.9 Å². The van der Waals surface area contributed by atoms with E-state index >= 15 is 0 Å². The summed E-state index contributed by atoms with van der Waals surface area (Å²) >= 11 is 1.57. The van der Waals surface area contributed by atoms with Crippen LogP contribution in [0.25, 0.3) is 10.6 Å². The first-order valence-electron chi connectivity index (χ1n) is 8.49. The number of rotatable bonds is 6. The lowest BCUT2D eigenvalue weighted by atomic mass is 10.1. The molecule has 1 N–H and O–H groups in total. The number of hydrogen-bond acceptors (Lipinski definition) is 5. The minimum absolute atomic E-state index is 0.0510. The van der Waals surface area contributed by atoms with E-state index in [2.05, 4.69) is 22.4 Å². The van der Waals surface area contributed by atoms with Crippen molar-refractivity contribution in [3.63, 3.8) is 0 Å². The van der Waals surface area contributed by atoms with Gasteiger partial charge in [0.2, 0.25) is 0 Å². The van der Waals surface area contributed by atoms with E-state index in [0.29, 0.717) is 24.1 Å². The van der Waals surface area contributed by atoms with E-state index in [4.69, 9.17) is 0 Å². The number of carbonyl (C=O) groups is 1. The third-order valence-corrected chi connectivity index (χ3v) is 5.20. The van der Waals surface area contributed by atoms with Crippen molar-refractivity contribution in [3.05, 3.63) is 80.3 Å². The van der Waals surface area contributed by atoms with Crippen LogP contribution in [0.3, 0.4) is 0 Å². The van der Waals surface area contributed by atoms with Crippen LogP contribution in [0, 0.1) is 24.0 Å². The summed E-state index contributed by atoms with van der Waals surface area (Å²) in [6, 6.07) is 12.7. The van der Waals surface area contributed by atoms with Gasteiger partial charge in [0.15, 0.2) is 0 Å². The predicted octanol–water partition coefficient (Wildman–Crippen LogP) is 4.31. The van der Waals surface area contributed by atoms with Gasteiger partial charge >= 0.3 is 0 Å². The van der Waals surface area contributed by atoms with Gasteiger partial charge in [-0.25, -0.2) is 4.98 Å². The van der Waals surface area contributed by atoms with Crippen LogP contribution in [0.15, 0.2) is 47.8 Å². The molecule has 0 aliphatic carbocycles. The summed E-state index contributed by atoms with van der Waals surface area (Å²) in [5.41, 5.74) is 3.83. The number of aryl methyl sites for hydroxylation is 1. The summed E-state index contributed by atoms with van der Waals surface area (Å²) < 4.78 is 0. The maximum atomic E-state index is 12.3. The maximum Gasteiger partial charge on any atom is 0.273 e. The molecule has 0 bridgehead atoms. The first-order valence-corrected chi connectivity index (χ1v) is 9.37. The molecule has 0 fully saturated rings. The minimum Gasteiger partial charge on any atom is -0.352 e. The highest BCUT2D eigenvalue weighted by Crippen LogP contribution is 2.24. The maximum absolute atomic E-state index is 12.3. The first kappa shape index (κ1) is 18.7. The number of nitrogens with zero attached hydrogens (tertiary/aromatic N) is 2. The van der Waals surface area contributed by atoms with E-state index in [-0.39, 0.29) is 11.6 Å². The Labute approximate surface area is 161 Å². The molecule has 1 amide bonds. The molecule has 1 heterocycles. The van der Waals surface area contributed by atoms with E-state index in [1.807, 2.05) is 24.4 Å². The van der Waals surface area contributed by atoms with Crippen molar-refractivity contribution in [2.45, 2.75) is 20.3 Å². The quantitative estimate of drug-likeness (QED) is 0.509. The fourth-order valence-corrected chi connectivity index (χ4v) is 3.58. The average molecular weight is 381 g/mol. The van der Waals surface area contributed by atoms with E-state index in [0.717, 1.165) is 16.3 Å². The number of nitro groups is 1. The number of amides is 1. The summed E-state index contributed by atoms with van der Waals surface area (Å²) in [5, 5.41) is 16.8. The second kappa shape index (κ2) is 8.09. The second-order valence-electron chi connectivity index (χ2n) is 6.22. The molecule has 0 radical (unpaired) electrons. The van der Waals surface area contributed by atoms with Crippen LogP contribution in [0.5, 0.6) is 0 Å². The van der Waals surface area contributed by atoms with Gasteiger partial charge in [-0.2, -0.15) is 0 Å². The Kier molecular flexibility index (Phi) is 5.61. The van der Waals surface area contributed by atoms with Gasteiger partial charge in [-0.3, -0.25) is 14.9 Å². The summed E-state index contributed by atoms with van der Waals surface area (Å²) in [5.74, 6) is -0.315. The molecular weight excluding hydrogens is 362 g/mol. The van der Waals surface area contributed by atoms with Gasteiger partial charge in [0.1, 0.15) is 5.01 Å². The third kappa shape index (κ3) is 4.38. The van der Waals surface area contributed by atoms with Crippen LogP contribution in [0.2, 0.25) is 0 Å². The summed E-state index contributed by atoms with van der Waals surface area (Å²) in [7, 11) is 0. The van der Waals surface area contributed by atoms with Gasteiger partial charge in [-0.05, 0) is 19.9 Å².